The van der Waals surface area contributed by atoms with Crippen molar-refractivity contribution >= 4 is 44.4 Å². The minimum atomic E-state index is -0.384. The molecule has 0 aliphatic heterocycles. The molecule has 0 radical (unpaired) electrons. The second-order valence-corrected chi connectivity index (χ2v) is 5.37. The summed E-state index contributed by atoms with van der Waals surface area (Å²) in [6.07, 6.45) is 1.17. The number of alkyl halides is 1. The molecule has 5 nitrogen and oxygen atoms in total. The van der Waals surface area contributed by atoms with Gasteiger partial charge in [0.25, 0.3) is 0 Å². The van der Waals surface area contributed by atoms with Gasteiger partial charge >= 0.3 is 5.97 Å². The van der Waals surface area contributed by atoms with Crippen molar-refractivity contribution in [3.8, 4) is 0 Å². The summed E-state index contributed by atoms with van der Waals surface area (Å²) in [6, 6.07) is 7.24. The van der Waals surface area contributed by atoms with Crippen LogP contribution in [-0.2, 0) is 9.53 Å². The predicted molar refractivity (Wildman–Crippen MR) is 85.9 cm³/mol. The number of hydrogen-bond acceptors (Lipinski definition) is 3. The molecule has 0 fully saturated rings. The van der Waals surface area contributed by atoms with Crippen molar-refractivity contribution in [2.45, 2.75) is 19.8 Å². The largest absolute Gasteiger partial charge is 0.461 e. The number of para-hydroxylation sites is 1. The summed E-state index contributed by atoms with van der Waals surface area (Å²) in [4.78, 5) is 26.6. The maximum Gasteiger partial charge on any atom is 0.354 e. The van der Waals surface area contributed by atoms with Crippen molar-refractivity contribution in [1.29, 1.82) is 0 Å². The number of rotatable bonds is 6. The van der Waals surface area contributed by atoms with Crippen LogP contribution < -0.4 is 5.32 Å². The smallest absolute Gasteiger partial charge is 0.354 e. The van der Waals surface area contributed by atoms with Crippen molar-refractivity contribution in [1.82, 2.24) is 4.98 Å². The first kappa shape index (κ1) is 15.6. The zero-order chi connectivity index (χ0) is 15.2. The van der Waals surface area contributed by atoms with E-state index in [2.05, 4.69) is 26.2 Å². The summed E-state index contributed by atoms with van der Waals surface area (Å²) in [5.41, 5.74) is 1.78. The zero-order valence-electron chi connectivity index (χ0n) is 11.7. The normalized spacial score (nSPS) is 10.6. The predicted octanol–water partition coefficient (Wildman–Crippen LogP) is 3.46. The Morgan fingerprint density at radius 3 is 2.90 bits per heavy atom. The summed E-state index contributed by atoms with van der Waals surface area (Å²) in [5, 5.41) is 4.29. The van der Waals surface area contributed by atoms with Crippen LogP contribution in [-0.4, -0.2) is 28.8 Å². The first-order valence-electron chi connectivity index (χ1n) is 6.80. The van der Waals surface area contributed by atoms with Gasteiger partial charge in [-0.3, -0.25) is 4.79 Å². The molecule has 2 rings (SSSR count). The number of aromatic nitrogens is 1. The fourth-order valence-electron chi connectivity index (χ4n) is 1.94. The van der Waals surface area contributed by atoms with E-state index >= 15 is 0 Å². The van der Waals surface area contributed by atoms with Crippen LogP contribution in [0.3, 0.4) is 0 Å². The number of H-pyrrole nitrogens is 1. The van der Waals surface area contributed by atoms with E-state index in [1.807, 2.05) is 19.1 Å². The van der Waals surface area contributed by atoms with Crippen LogP contribution in [0.2, 0.25) is 0 Å². The van der Waals surface area contributed by atoms with Crippen LogP contribution in [0.25, 0.3) is 10.9 Å². The molecule has 0 atom stereocenters. The monoisotopic (exact) mass is 352 g/mol. The van der Waals surface area contributed by atoms with Gasteiger partial charge in [0, 0.05) is 17.1 Å². The lowest BCUT2D eigenvalue weighted by molar-refractivity contribution is -0.115. The number of aromatic amines is 1. The molecule has 0 bridgehead atoms. The Bertz CT molecular complexity index is 651. The number of amides is 1. The summed E-state index contributed by atoms with van der Waals surface area (Å²) >= 11 is 3.23. The molecule has 2 N–H and O–H groups in total. The molecule has 0 saturated carbocycles. The van der Waals surface area contributed by atoms with E-state index in [4.69, 9.17) is 4.74 Å². The van der Waals surface area contributed by atoms with Crippen molar-refractivity contribution < 1.29 is 14.3 Å². The third-order valence-corrected chi connectivity index (χ3v) is 3.31. The second kappa shape index (κ2) is 7.26. The topological polar surface area (TPSA) is 71.2 Å². The van der Waals surface area contributed by atoms with Gasteiger partial charge in [0.1, 0.15) is 5.69 Å². The summed E-state index contributed by atoms with van der Waals surface area (Å²) in [5.74, 6) is -0.463. The summed E-state index contributed by atoms with van der Waals surface area (Å²) in [6.45, 7) is 2.33. The van der Waals surface area contributed by atoms with Crippen molar-refractivity contribution in [2.24, 2.45) is 0 Å². The van der Waals surface area contributed by atoms with Crippen LogP contribution in [0.15, 0.2) is 24.3 Å². The molecule has 21 heavy (non-hydrogen) atoms. The van der Waals surface area contributed by atoms with Crippen LogP contribution in [0.5, 0.6) is 0 Å². The van der Waals surface area contributed by atoms with Gasteiger partial charge in [-0.1, -0.05) is 35.0 Å². The number of ether oxygens (including phenoxy) is 1. The molecule has 6 heteroatoms. The van der Waals surface area contributed by atoms with Gasteiger partial charge in [0.2, 0.25) is 5.91 Å². The van der Waals surface area contributed by atoms with E-state index in [9.17, 15) is 9.59 Å². The van der Waals surface area contributed by atoms with Crippen LogP contribution >= 0.6 is 15.9 Å². The minimum absolute atomic E-state index is 0.0796. The number of halogens is 1. The first-order chi connectivity index (χ1) is 10.2. The summed E-state index contributed by atoms with van der Waals surface area (Å²) in [7, 11) is 0. The fraction of sp³-hybridized carbons (Fsp3) is 0.333. The van der Waals surface area contributed by atoms with Gasteiger partial charge < -0.3 is 15.0 Å². The third kappa shape index (κ3) is 3.85. The van der Waals surface area contributed by atoms with E-state index in [0.717, 1.165) is 17.3 Å². The zero-order valence-corrected chi connectivity index (χ0v) is 13.3. The Hall–Kier alpha value is -1.82. The Morgan fingerprint density at radius 1 is 1.38 bits per heavy atom. The van der Waals surface area contributed by atoms with Crippen molar-refractivity contribution in [3.63, 3.8) is 0 Å². The minimum Gasteiger partial charge on any atom is -0.461 e. The molecule has 1 aromatic carbocycles. The quantitative estimate of drug-likeness (QED) is 0.617. The Morgan fingerprint density at radius 2 is 2.19 bits per heavy atom. The second-order valence-electron chi connectivity index (χ2n) is 4.58. The average Bonchev–Trinajstić information content (AvgIpc) is 2.90. The number of benzene rings is 1. The van der Waals surface area contributed by atoms with E-state index < -0.39 is 0 Å². The molecule has 2 aromatic rings. The first-order valence-corrected chi connectivity index (χ1v) is 7.92. The molecular weight excluding hydrogens is 336 g/mol. The molecule has 1 aromatic heterocycles. The van der Waals surface area contributed by atoms with Crippen molar-refractivity contribution in [3.05, 3.63) is 30.0 Å². The Labute approximate surface area is 131 Å². The van der Waals surface area contributed by atoms with E-state index in [-0.39, 0.29) is 11.9 Å². The number of esters is 1. The molecule has 1 amide bonds. The lowest BCUT2D eigenvalue weighted by Crippen LogP contribution is -2.12. The maximum atomic E-state index is 11.9. The van der Waals surface area contributed by atoms with Crippen LogP contribution in [0.1, 0.15) is 30.3 Å². The number of carbonyl (C=O) groups is 2. The standard InChI is InChI=1S/C15H17BrN2O3/c1-2-8-21-15(20)12-9-10-4-3-5-11(14(10)18-12)17-13(19)6-7-16/h3-5,9,18H,2,6-8H2,1H3,(H,17,19). The van der Waals surface area contributed by atoms with Gasteiger partial charge in [-0.2, -0.15) is 0 Å². The van der Waals surface area contributed by atoms with Crippen LogP contribution in [0, 0.1) is 0 Å². The van der Waals surface area contributed by atoms with E-state index in [0.29, 0.717) is 29.7 Å². The lowest BCUT2D eigenvalue weighted by atomic mass is 10.2. The average molecular weight is 353 g/mol. The SMILES string of the molecule is CCCOC(=O)c1cc2cccc(NC(=O)CCBr)c2[nH]1. The molecule has 0 aliphatic rings. The highest BCUT2D eigenvalue weighted by atomic mass is 79.9. The molecule has 0 spiro atoms. The number of hydrogen-bond donors (Lipinski definition) is 2. The summed E-state index contributed by atoms with van der Waals surface area (Å²) < 4.78 is 5.10. The molecule has 0 saturated heterocycles. The highest BCUT2D eigenvalue weighted by molar-refractivity contribution is 9.09. The Kier molecular flexibility index (Phi) is 5.38. The van der Waals surface area contributed by atoms with Gasteiger partial charge in [-0.15, -0.1) is 0 Å². The molecule has 0 aliphatic carbocycles. The third-order valence-electron chi connectivity index (χ3n) is 2.91. The molecular formula is C15H17BrN2O3. The number of fused-ring (bicyclic) bond motifs is 1. The Balaban J connectivity index is 2.26. The van der Waals surface area contributed by atoms with Gasteiger partial charge in [-0.05, 0) is 18.6 Å². The number of carbonyl (C=O) groups excluding carboxylic acids is 2. The number of anilines is 1. The van der Waals surface area contributed by atoms with E-state index in [1.165, 1.54) is 0 Å². The highest BCUT2D eigenvalue weighted by Gasteiger charge is 2.13. The maximum absolute atomic E-state index is 11.9. The fourth-order valence-corrected chi connectivity index (χ4v) is 2.30. The number of nitrogens with one attached hydrogen (secondary N) is 2. The van der Waals surface area contributed by atoms with Crippen LogP contribution in [0.4, 0.5) is 5.69 Å². The molecule has 1 heterocycles. The lowest BCUT2D eigenvalue weighted by Gasteiger charge is -2.05. The van der Waals surface area contributed by atoms with Gasteiger partial charge in [0.05, 0.1) is 17.8 Å². The highest BCUT2D eigenvalue weighted by Crippen LogP contribution is 2.24. The van der Waals surface area contributed by atoms with Gasteiger partial charge in [0.15, 0.2) is 0 Å². The molecule has 112 valence electrons. The van der Waals surface area contributed by atoms with Crippen molar-refractivity contribution in [2.75, 3.05) is 17.3 Å². The van der Waals surface area contributed by atoms with E-state index in [1.54, 1.807) is 12.1 Å². The molecule has 0 unspecified atom stereocenters. The van der Waals surface area contributed by atoms with Gasteiger partial charge in [-0.25, -0.2) is 4.79 Å².